The van der Waals surface area contributed by atoms with Crippen LogP contribution in [0.25, 0.3) is 0 Å². The molecular formula is C13H20IN3O2. The van der Waals surface area contributed by atoms with Gasteiger partial charge in [0.1, 0.15) is 5.75 Å². The molecule has 0 fully saturated rings. The number of ether oxygens (including phenoxy) is 1. The Morgan fingerprint density at radius 1 is 1.53 bits per heavy atom. The van der Waals surface area contributed by atoms with E-state index in [-0.39, 0.29) is 24.0 Å². The first-order valence-electron chi connectivity index (χ1n) is 6.14. The highest BCUT2D eigenvalue weighted by Crippen LogP contribution is 2.18. The van der Waals surface area contributed by atoms with Crippen LogP contribution in [0.5, 0.6) is 5.75 Å². The fraction of sp³-hybridized carbons (Fsp3) is 0.462. The molecule has 1 aliphatic rings. The molecule has 0 aromatic heterocycles. The molecular weight excluding hydrogens is 357 g/mol. The Morgan fingerprint density at radius 2 is 2.37 bits per heavy atom. The standard InChI is InChI=1S/C13H19N3O2.HI/c1-18-11-5-2-4-10(8-11)12(17)9-16-13-14-6-3-7-15-13;/h2,4-5,8,12,17H,3,6-7,9H2,1H3,(H2,14,15,16);1H. The number of rotatable bonds is 4. The average Bonchev–Trinajstić information content (AvgIpc) is 2.46. The lowest BCUT2D eigenvalue weighted by Gasteiger charge is -2.18. The van der Waals surface area contributed by atoms with Crippen molar-refractivity contribution < 1.29 is 9.84 Å². The lowest BCUT2D eigenvalue weighted by atomic mass is 10.1. The average molecular weight is 377 g/mol. The zero-order valence-corrected chi connectivity index (χ0v) is 13.3. The van der Waals surface area contributed by atoms with Gasteiger partial charge in [0.05, 0.1) is 13.2 Å². The zero-order chi connectivity index (χ0) is 12.8. The van der Waals surface area contributed by atoms with E-state index in [1.807, 2.05) is 24.3 Å². The van der Waals surface area contributed by atoms with Crippen LogP contribution < -0.4 is 15.4 Å². The minimum absolute atomic E-state index is 0. The SMILES string of the molecule is COc1cccc(C(O)CNC2=NCCCN2)c1.I. The third-order valence-electron chi connectivity index (χ3n) is 2.84. The first-order valence-corrected chi connectivity index (χ1v) is 6.14. The predicted octanol–water partition coefficient (Wildman–Crippen LogP) is 1.29. The van der Waals surface area contributed by atoms with E-state index < -0.39 is 6.10 Å². The summed E-state index contributed by atoms with van der Waals surface area (Å²) >= 11 is 0. The molecule has 3 N–H and O–H groups in total. The van der Waals surface area contributed by atoms with E-state index in [2.05, 4.69) is 15.6 Å². The van der Waals surface area contributed by atoms with Crippen LogP contribution in [0.4, 0.5) is 0 Å². The molecule has 0 aliphatic carbocycles. The first-order chi connectivity index (χ1) is 8.79. The van der Waals surface area contributed by atoms with Gasteiger partial charge in [-0.1, -0.05) is 12.1 Å². The number of nitrogens with zero attached hydrogens (tertiary/aromatic N) is 1. The fourth-order valence-electron chi connectivity index (χ4n) is 1.81. The number of hydrogen-bond acceptors (Lipinski definition) is 5. The van der Waals surface area contributed by atoms with Gasteiger partial charge in [0.2, 0.25) is 0 Å². The van der Waals surface area contributed by atoms with Crippen molar-refractivity contribution in [3.05, 3.63) is 29.8 Å². The number of benzene rings is 1. The molecule has 5 nitrogen and oxygen atoms in total. The maximum absolute atomic E-state index is 10.1. The maximum atomic E-state index is 10.1. The van der Waals surface area contributed by atoms with Crippen LogP contribution in [-0.2, 0) is 0 Å². The van der Waals surface area contributed by atoms with Crippen LogP contribution in [0, 0.1) is 0 Å². The molecule has 0 saturated heterocycles. The molecule has 0 saturated carbocycles. The normalized spacial score (nSPS) is 15.6. The van der Waals surface area contributed by atoms with Crippen molar-refractivity contribution in [2.24, 2.45) is 4.99 Å². The van der Waals surface area contributed by atoms with Crippen LogP contribution in [0.2, 0.25) is 0 Å². The minimum Gasteiger partial charge on any atom is -0.497 e. The van der Waals surface area contributed by atoms with E-state index in [0.717, 1.165) is 36.8 Å². The van der Waals surface area contributed by atoms with Gasteiger partial charge in [0.15, 0.2) is 5.96 Å². The van der Waals surface area contributed by atoms with Crippen molar-refractivity contribution in [1.29, 1.82) is 0 Å². The molecule has 2 rings (SSSR count). The molecule has 1 atom stereocenters. The Hall–Kier alpha value is -1.02. The Balaban J connectivity index is 0.00000180. The maximum Gasteiger partial charge on any atom is 0.191 e. The number of aliphatic hydroxyl groups excluding tert-OH is 1. The number of aliphatic imine (C=N–C) groups is 1. The Kier molecular flexibility index (Phi) is 6.93. The summed E-state index contributed by atoms with van der Waals surface area (Å²) in [4.78, 5) is 4.29. The summed E-state index contributed by atoms with van der Waals surface area (Å²) in [5.41, 5.74) is 0.832. The van der Waals surface area contributed by atoms with E-state index in [1.165, 1.54) is 0 Å². The molecule has 1 aromatic carbocycles. The van der Waals surface area contributed by atoms with Crippen LogP contribution in [0.15, 0.2) is 29.3 Å². The third kappa shape index (κ3) is 4.87. The molecule has 1 aliphatic heterocycles. The number of guanidine groups is 1. The predicted molar refractivity (Wildman–Crippen MR) is 86.3 cm³/mol. The molecule has 0 amide bonds. The molecule has 1 heterocycles. The Morgan fingerprint density at radius 3 is 3.05 bits per heavy atom. The van der Waals surface area contributed by atoms with Crippen molar-refractivity contribution in [2.45, 2.75) is 12.5 Å². The van der Waals surface area contributed by atoms with Crippen molar-refractivity contribution in [2.75, 3.05) is 26.7 Å². The van der Waals surface area contributed by atoms with Gasteiger partial charge in [0, 0.05) is 19.6 Å². The molecule has 0 spiro atoms. The highest BCUT2D eigenvalue weighted by atomic mass is 127. The summed E-state index contributed by atoms with van der Waals surface area (Å²) in [6, 6.07) is 7.44. The summed E-state index contributed by atoms with van der Waals surface area (Å²) in [6.07, 6.45) is 0.482. The Labute approximate surface area is 130 Å². The third-order valence-corrected chi connectivity index (χ3v) is 2.84. The minimum atomic E-state index is -0.577. The molecule has 0 radical (unpaired) electrons. The van der Waals surface area contributed by atoms with Gasteiger partial charge in [-0.3, -0.25) is 4.99 Å². The van der Waals surface area contributed by atoms with Crippen LogP contribution >= 0.6 is 24.0 Å². The highest BCUT2D eigenvalue weighted by Gasteiger charge is 2.10. The lowest BCUT2D eigenvalue weighted by molar-refractivity contribution is 0.180. The number of hydrogen-bond donors (Lipinski definition) is 3. The first kappa shape index (κ1) is 16.0. The molecule has 1 unspecified atom stereocenters. The topological polar surface area (TPSA) is 65.9 Å². The number of aliphatic hydroxyl groups is 1. The van der Waals surface area contributed by atoms with Crippen molar-refractivity contribution in [3.63, 3.8) is 0 Å². The molecule has 0 bridgehead atoms. The van der Waals surface area contributed by atoms with E-state index in [4.69, 9.17) is 4.74 Å². The van der Waals surface area contributed by atoms with E-state index in [0.29, 0.717) is 6.54 Å². The van der Waals surface area contributed by atoms with Crippen molar-refractivity contribution in [3.8, 4) is 5.75 Å². The van der Waals surface area contributed by atoms with Gasteiger partial charge in [-0.2, -0.15) is 0 Å². The zero-order valence-electron chi connectivity index (χ0n) is 10.9. The summed E-state index contributed by atoms with van der Waals surface area (Å²) in [5, 5.41) is 16.3. The van der Waals surface area contributed by atoms with Crippen molar-refractivity contribution >= 4 is 29.9 Å². The highest BCUT2D eigenvalue weighted by molar-refractivity contribution is 14.0. The lowest BCUT2D eigenvalue weighted by Crippen LogP contribution is -2.42. The van der Waals surface area contributed by atoms with Crippen LogP contribution in [0.3, 0.4) is 0 Å². The number of halogens is 1. The van der Waals surface area contributed by atoms with Gasteiger partial charge < -0.3 is 20.5 Å². The summed E-state index contributed by atoms with van der Waals surface area (Å²) in [7, 11) is 1.62. The molecule has 1 aromatic rings. The van der Waals surface area contributed by atoms with E-state index in [9.17, 15) is 5.11 Å². The van der Waals surface area contributed by atoms with Gasteiger partial charge >= 0.3 is 0 Å². The van der Waals surface area contributed by atoms with E-state index >= 15 is 0 Å². The van der Waals surface area contributed by atoms with Crippen LogP contribution in [-0.4, -0.2) is 37.8 Å². The molecule has 106 valence electrons. The molecule has 19 heavy (non-hydrogen) atoms. The van der Waals surface area contributed by atoms with Gasteiger partial charge in [-0.25, -0.2) is 0 Å². The summed E-state index contributed by atoms with van der Waals surface area (Å²) in [6.45, 7) is 2.20. The smallest absolute Gasteiger partial charge is 0.191 e. The summed E-state index contributed by atoms with van der Waals surface area (Å²) < 4.78 is 5.13. The summed E-state index contributed by atoms with van der Waals surface area (Å²) in [5.74, 6) is 1.52. The monoisotopic (exact) mass is 377 g/mol. The number of methoxy groups -OCH3 is 1. The van der Waals surface area contributed by atoms with Gasteiger partial charge in [0.25, 0.3) is 0 Å². The van der Waals surface area contributed by atoms with E-state index in [1.54, 1.807) is 7.11 Å². The van der Waals surface area contributed by atoms with Gasteiger partial charge in [-0.15, -0.1) is 24.0 Å². The quantitative estimate of drug-likeness (QED) is 0.692. The number of nitrogens with one attached hydrogen (secondary N) is 2. The molecule has 6 heteroatoms. The second-order valence-corrected chi connectivity index (χ2v) is 4.18. The van der Waals surface area contributed by atoms with Gasteiger partial charge in [-0.05, 0) is 24.1 Å². The second-order valence-electron chi connectivity index (χ2n) is 4.18. The van der Waals surface area contributed by atoms with Crippen molar-refractivity contribution in [1.82, 2.24) is 10.6 Å². The Bertz CT molecular complexity index is 426. The van der Waals surface area contributed by atoms with Crippen LogP contribution in [0.1, 0.15) is 18.1 Å². The largest absolute Gasteiger partial charge is 0.497 e. The fourth-order valence-corrected chi connectivity index (χ4v) is 1.81. The second kappa shape index (κ2) is 8.21.